The molecular weight excluding hydrogens is 760 g/mol. The van der Waals surface area contributed by atoms with Crippen molar-refractivity contribution in [1.82, 2.24) is 35.2 Å². The van der Waals surface area contributed by atoms with Crippen LogP contribution in [0.5, 0.6) is 0 Å². The maximum atomic E-state index is 14.8. The fourth-order valence-electron chi connectivity index (χ4n) is 8.38. The number of aromatic nitrogens is 5. The van der Waals surface area contributed by atoms with Crippen molar-refractivity contribution in [2.75, 3.05) is 35.2 Å². The molecule has 4 amide bonds. The molecule has 16 nitrogen and oxygen atoms in total. The molecule has 59 heavy (non-hydrogen) atoms. The summed E-state index contributed by atoms with van der Waals surface area (Å²) >= 11 is 0. The third-order valence-corrected chi connectivity index (χ3v) is 11.4. The number of hydrogen-bond acceptors (Lipinski definition) is 12. The molecule has 0 bridgehead atoms. The highest BCUT2D eigenvalue weighted by Gasteiger charge is 2.46. The van der Waals surface area contributed by atoms with Gasteiger partial charge in [0.2, 0.25) is 11.8 Å². The summed E-state index contributed by atoms with van der Waals surface area (Å²) in [7, 11) is 1.80. The van der Waals surface area contributed by atoms with Gasteiger partial charge in [-0.1, -0.05) is 18.2 Å². The second kappa shape index (κ2) is 15.4. The Hall–Kier alpha value is -6.49. The van der Waals surface area contributed by atoms with Crippen LogP contribution in [-0.2, 0) is 21.4 Å². The van der Waals surface area contributed by atoms with E-state index in [0.717, 1.165) is 16.2 Å². The summed E-state index contributed by atoms with van der Waals surface area (Å²) in [5, 5.41) is 21.1. The number of aryl methyl sites for hydroxylation is 1. The van der Waals surface area contributed by atoms with Crippen molar-refractivity contribution < 1.29 is 28.3 Å². The maximum Gasteiger partial charge on any atom is 0.272 e. The Labute approximate surface area is 338 Å². The van der Waals surface area contributed by atoms with E-state index in [2.05, 4.69) is 55.0 Å². The predicted octanol–water partition coefficient (Wildman–Crippen LogP) is 4.40. The summed E-state index contributed by atoms with van der Waals surface area (Å²) < 4.78 is 22.8. The Bertz CT molecular complexity index is 2550. The van der Waals surface area contributed by atoms with Gasteiger partial charge in [0.05, 0.1) is 46.4 Å². The zero-order valence-electron chi connectivity index (χ0n) is 33.3. The molecule has 3 aliphatic rings. The van der Waals surface area contributed by atoms with Crippen molar-refractivity contribution in [2.24, 2.45) is 7.05 Å². The monoisotopic (exact) mass is 804 g/mol. The number of fused-ring (bicyclic) bond motifs is 1. The lowest BCUT2D eigenvalue weighted by atomic mass is 9.83. The van der Waals surface area contributed by atoms with Crippen LogP contribution in [0.25, 0.3) is 10.8 Å². The molecule has 3 atom stereocenters. The predicted molar refractivity (Wildman–Crippen MR) is 217 cm³/mol. The van der Waals surface area contributed by atoms with E-state index in [9.17, 15) is 28.4 Å². The number of halogens is 1. The highest BCUT2D eigenvalue weighted by atomic mass is 19.1. The molecule has 5 aromatic rings. The SMILES string of the molecule is CC(C)N(CCOC(C)(C)CCNc1cccc2c1C(=O)N(C1CCC(=O)NC1=O)C2=O)c1ccc(C2Nc3cc(F)cc4c(=O)[nH]nc(c34)[C@@H]2c2ncnn2C)cc1. The molecule has 3 aliphatic heterocycles. The summed E-state index contributed by atoms with van der Waals surface area (Å²) in [6, 6.07) is 14.4. The number of H-pyrrole nitrogens is 1. The van der Waals surface area contributed by atoms with E-state index in [-0.39, 0.29) is 35.4 Å². The van der Waals surface area contributed by atoms with Gasteiger partial charge in [-0.15, -0.1) is 0 Å². The Morgan fingerprint density at radius 3 is 2.54 bits per heavy atom. The molecule has 0 aliphatic carbocycles. The molecule has 3 aromatic carbocycles. The summed E-state index contributed by atoms with van der Waals surface area (Å²) in [5.41, 5.74) is 2.85. The van der Waals surface area contributed by atoms with Gasteiger partial charge in [0, 0.05) is 55.0 Å². The molecular formula is C42H45FN10O6. The average Bonchev–Trinajstić information content (AvgIpc) is 3.73. The highest BCUT2D eigenvalue weighted by molar-refractivity contribution is 6.25. The smallest absolute Gasteiger partial charge is 0.272 e. The van der Waals surface area contributed by atoms with Crippen LogP contribution in [0.4, 0.5) is 21.5 Å². The Morgan fingerprint density at radius 1 is 1.05 bits per heavy atom. The van der Waals surface area contributed by atoms with Crippen LogP contribution in [0.1, 0.15) is 96.7 Å². The number of carbonyl (C=O) groups excluding carboxylic acids is 4. The number of imide groups is 2. The van der Waals surface area contributed by atoms with Gasteiger partial charge in [0.25, 0.3) is 17.4 Å². The first-order valence-corrected chi connectivity index (χ1v) is 19.6. The standard InChI is InChI=1S/C42H45FN10O6/c1-22(2)52(17-18-59-42(3,4)15-16-44-28-8-6-7-26-33(28)41(58)53(40(26)57)30-13-14-31(54)48-39(30)56)25-11-9-23(10-12-25)35-34(37-45-21-46-51(37)5)36-32-27(38(55)50-49-36)19-24(43)20-29(32)47-35/h6-12,19-22,30,34-35,44,47H,13-18H2,1-5H3,(H,50,55)(H,48,54,56)/t30?,34-,35?/m1/s1. The number of benzene rings is 3. The molecule has 2 aromatic heterocycles. The van der Waals surface area contributed by atoms with Gasteiger partial charge in [-0.2, -0.15) is 10.2 Å². The van der Waals surface area contributed by atoms with Gasteiger partial charge < -0.3 is 20.3 Å². The molecule has 0 radical (unpaired) electrons. The van der Waals surface area contributed by atoms with Crippen LogP contribution in [0.15, 0.2) is 65.7 Å². The van der Waals surface area contributed by atoms with Crippen molar-refractivity contribution >= 4 is 51.5 Å². The lowest BCUT2D eigenvalue weighted by molar-refractivity contribution is -0.136. The van der Waals surface area contributed by atoms with Crippen molar-refractivity contribution in [3.63, 3.8) is 0 Å². The summed E-state index contributed by atoms with van der Waals surface area (Å²) in [5.74, 6) is -2.53. The molecule has 0 spiro atoms. The largest absolute Gasteiger partial charge is 0.384 e. The van der Waals surface area contributed by atoms with E-state index in [0.29, 0.717) is 54.4 Å². The van der Waals surface area contributed by atoms with Gasteiger partial charge in [-0.3, -0.25) is 38.9 Å². The first kappa shape index (κ1) is 39.3. The number of piperidine rings is 1. The van der Waals surface area contributed by atoms with Crippen LogP contribution < -0.4 is 26.4 Å². The van der Waals surface area contributed by atoms with E-state index in [1.165, 1.54) is 18.5 Å². The zero-order chi connectivity index (χ0) is 41.7. The van der Waals surface area contributed by atoms with Crippen LogP contribution in [0, 0.1) is 5.82 Å². The second-order valence-corrected chi connectivity index (χ2v) is 16.0. The van der Waals surface area contributed by atoms with Crippen LogP contribution in [0.3, 0.4) is 0 Å². The Kier molecular flexibility index (Phi) is 10.2. The molecule has 8 rings (SSSR count). The van der Waals surface area contributed by atoms with E-state index >= 15 is 0 Å². The van der Waals surface area contributed by atoms with E-state index in [1.807, 2.05) is 38.1 Å². The molecule has 17 heteroatoms. The number of ether oxygens (including phenoxy) is 1. The number of nitrogens with one attached hydrogen (secondary N) is 4. The maximum absolute atomic E-state index is 14.8. The van der Waals surface area contributed by atoms with Crippen LogP contribution in [0.2, 0.25) is 0 Å². The minimum atomic E-state index is -1.03. The lowest BCUT2D eigenvalue weighted by Crippen LogP contribution is -2.54. The van der Waals surface area contributed by atoms with Gasteiger partial charge in [0.15, 0.2) is 0 Å². The fourth-order valence-corrected chi connectivity index (χ4v) is 8.38. The van der Waals surface area contributed by atoms with Gasteiger partial charge in [-0.25, -0.2) is 14.5 Å². The van der Waals surface area contributed by atoms with Crippen molar-refractivity contribution in [2.45, 2.75) is 76.6 Å². The Morgan fingerprint density at radius 2 is 1.83 bits per heavy atom. The van der Waals surface area contributed by atoms with E-state index < -0.39 is 58.6 Å². The molecule has 0 saturated carbocycles. The normalized spacial score (nSPS) is 19.0. The number of aromatic amines is 1. The van der Waals surface area contributed by atoms with Crippen molar-refractivity contribution in [3.05, 3.63) is 105 Å². The van der Waals surface area contributed by atoms with Crippen molar-refractivity contribution in [1.29, 1.82) is 0 Å². The molecule has 306 valence electrons. The fraction of sp³-hybridized carbons (Fsp3) is 0.381. The summed E-state index contributed by atoms with van der Waals surface area (Å²) in [6.45, 7) is 9.69. The average molecular weight is 805 g/mol. The van der Waals surface area contributed by atoms with Crippen molar-refractivity contribution in [3.8, 4) is 0 Å². The van der Waals surface area contributed by atoms with Gasteiger partial charge in [0.1, 0.15) is 24.0 Å². The molecule has 1 fully saturated rings. The Balaban J connectivity index is 0.918. The zero-order valence-corrected chi connectivity index (χ0v) is 33.3. The third kappa shape index (κ3) is 7.30. The van der Waals surface area contributed by atoms with E-state index in [4.69, 9.17) is 4.74 Å². The minimum absolute atomic E-state index is 0.0519. The minimum Gasteiger partial charge on any atom is -0.384 e. The number of anilines is 3. The van der Waals surface area contributed by atoms with Crippen LogP contribution >= 0.6 is 0 Å². The van der Waals surface area contributed by atoms with Crippen LogP contribution in [-0.4, -0.2) is 90.9 Å². The third-order valence-electron chi connectivity index (χ3n) is 11.4. The van der Waals surface area contributed by atoms with E-state index in [1.54, 1.807) is 29.9 Å². The second-order valence-electron chi connectivity index (χ2n) is 16.0. The number of hydrogen-bond donors (Lipinski definition) is 4. The first-order chi connectivity index (χ1) is 28.2. The number of carbonyl (C=O) groups is 4. The summed E-state index contributed by atoms with van der Waals surface area (Å²) in [6.07, 6.45) is 2.19. The molecule has 5 heterocycles. The molecule has 4 N–H and O–H groups in total. The highest BCUT2D eigenvalue weighted by Crippen LogP contribution is 2.46. The van der Waals surface area contributed by atoms with Gasteiger partial charge >= 0.3 is 0 Å². The topological polar surface area (TPSA) is 197 Å². The number of amides is 4. The number of nitrogens with zero attached hydrogens (tertiary/aromatic N) is 6. The molecule has 1 saturated heterocycles. The van der Waals surface area contributed by atoms with Gasteiger partial charge in [-0.05, 0) is 82.5 Å². The lowest BCUT2D eigenvalue weighted by Gasteiger charge is -2.34. The quantitative estimate of drug-likeness (QED) is 0.123. The first-order valence-electron chi connectivity index (χ1n) is 19.6. The summed E-state index contributed by atoms with van der Waals surface area (Å²) in [4.78, 5) is 71.4. The number of rotatable bonds is 13. The molecule has 2 unspecified atom stereocenters.